The van der Waals surface area contributed by atoms with E-state index in [0.717, 1.165) is 12.1 Å². The summed E-state index contributed by atoms with van der Waals surface area (Å²) in [4.78, 5) is 25.7. The highest BCUT2D eigenvalue weighted by atomic mass is 19.1. The number of nitrogens with one attached hydrogen (secondary N) is 1. The first-order valence-electron chi connectivity index (χ1n) is 6.96. The van der Waals surface area contributed by atoms with Crippen LogP contribution in [-0.2, 0) is 14.3 Å². The average Bonchev–Trinajstić information content (AvgIpc) is 2.84. The van der Waals surface area contributed by atoms with Gasteiger partial charge in [0.2, 0.25) is 11.8 Å². The van der Waals surface area contributed by atoms with Crippen LogP contribution in [0.2, 0.25) is 0 Å². The first-order chi connectivity index (χ1) is 10.4. The topological polar surface area (TPSA) is 58.6 Å². The zero-order chi connectivity index (χ0) is 16.3. The Hall–Kier alpha value is -2.02. The van der Waals surface area contributed by atoms with Gasteiger partial charge in [-0.25, -0.2) is 8.78 Å². The molecule has 2 amide bonds. The van der Waals surface area contributed by atoms with Crippen LogP contribution in [0.5, 0.6) is 0 Å². The molecule has 0 bridgehead atoms. The Balaban J connectivity index is 2.00. The molecule has 1 heterocycles. The van der Waals surface area contributed by atoms with Gasteiger partial charge in [0, 0.05) is 26.1 Å². The van der Waals surface area contributed by atoms with Crippen molar-refractivity contribution < 1.29 is 23.1 Å². The molecule has 7 heteroatoms. The minimum absolute atomic E-state index is 0.0721. The molecule has 22 heavy (non-hydrogen) atoms. The van der Waals surface area contributed by atoms with Crippen molar-refractivity contribution in [3.8, 4) is 0 Å². The lowest BCUT2D eigenvalue weighted by Crippen LogP contribution is -2.38. The Morgan fingerprint density at radius 2 is 2.23 bits per heavy atom. The SMILES string of the molecule is COC[C@@H](C)N1C[C@H](C(=O)Nc2ccc(F)cc2F)CC1=O. The molecule has 0 spiro atoms. The van der Waals surface area contributed by atoms with Crippen LogP contribution in [0.15, 0.2) is 18.2 Å². The monoisotopic (exact) mass is 312 g/mol. The summed E-state index contributed by atoms with van der Waals surface area (Å²) in [6, 6.07) is 2.79. The minimum Gasteiger partial charge on any atom is -0.383 e. The number of rotatable bonds is 5. The number of anilines is 1. The van der Waals surface area contributed by atoms with Crippen LogP contribution in [0, 0.1) is 17.6 Å². The lowest BCUT2D eigenvalue weighted by molar-refractivity contribution is -0.130. The van der Waals surface area contributed by atoms with Gasteiger partial charge in [0.15, 0.2) is 0 Å². The van der Waals surface area contributed by atoms with Crippen molar-refractivity contribution in [2.45, 2.75) is 19.4 Å². The summed E-state index contributed by atoms with van der Waals surface area (Å²) < 4.78 is 31.4. The highest BCUT2D eigenvalue weighted by Gasteiger charge is 2.36. The Morgan fingerprint density at radius 3 is 2.86 bits per heavy atom. The molecule has 2 rings (SSSR count). The highest BCUT2D eigenvalue weighted by molar-refractivity contribution is 5.97. The molecule has 1 aromatic carbocycles. The maximum atomic E-state index is 13.5. The van der Waals surface area contributed by atoms with Gasteiger partial charge in [-0.3, -0.25) is 9.59 Å². The third kappa shape index (κ3) is 3.59. The number of carbonyl (C=O) groups excluding carboxylic acids is 2. The van der Waals surface area contributed by atoms with Crippen LogP contribution in [0.3, 0.4) is 0 Å². The number of hydrogen-bond acceptors (Lipinski definition) is 3. The van der Waals surface area contributed by atoms with Crippen LogP contribution >= 0.6 is 0 Å². The van der Waals surface area contributed by atoms with Crippen molar-refractivity contribution in [1.82, 2.24) is 4.90 Å². The van der Waals surface area contributed by atoms with E-state index in [4.69, 9.17) is 4.74 Å². The van der Waals surface area contributed by atoms with Crippen LogP contribution in [0.1, 0.15) is 13.3 Å². The number of ether oxygens (including phenoxy) is 1. The predicted octanol–water partition coefficient (Wildman–Crippen LogP) is 1.79. The molecular weight excluding hydrogens is 294 g/mol. The standard InChI is InChI=1S/C15H18F2N2O3/c1-9(8-22-2)19-7-10(5-14(19)20)15(21)18-13-4-3-11(16)6-12(13)17/h3-4,6,9-10H,5,7-8H2,1-2H3,(H,18,21)/t9-,10-/m1/s1. The molecule has 1 fully saturated rings. The molecule has 0 aromatic heterocycles. The van der Waals surface area contributed by atoms with Crippen molar-refractivity contribution in [3.63, 3.8) is 0 Å². The summed E-state index contributed by atoms with van der Waals surface area (Å²) in [6.45, 7) is 2.48. The largest absolute Gasteiger partial charge is 0.383 e. The number of nitrogens with zero attached hydrogens (tertiary/aromatic N) is 1. The van der Waals surface area contributed by atoms with Crippen molar-refractivity contribution >= 4 is 17.5 Å². The summed E-state index contributed by atoms with van der Waals surface area (Å²) in [6.07, 6.45) is 0.0721. The summed E-state index contributed by atoms with van der Waals surface area (Å²) >= 11 is 0. The quantitative estimate of drug-likeness (QED) is 0.902. The van der Waals surface area contributed by atoms with Gasteiger partial charge < -0.3 is 15.0 Å². The summed E-state index contributed by atoms with van der Waals surface area (Å²) in [7, 11) is 1.54. The number of halogens is 2. The van der Waals surface area contributed by atoms with Gasteiger partial charge in [0.1, 0.15) is 11.6 Å². The molecule has 2 atom stereocenters. The fourth-order valence-corrected chi connectivity index (χ4v) is 2.49. The fraction of sp³-hybridized carbons (Fsp3) is 0.467. The van der Waals surface area contributed by atoms with Gasteiger partial charge in [-0.2, -0.15) is 0 Å². The maximum absolute atomic E-state index is 13.5. The van der Waals surface area contributed by atoms with Crippen molar-refractivity contribution in [2.24, 2.45) is 5.92 Å². The predicted molar refractivity (Wildman–Crippen MR) is 76.1 cm³/mol. The Labute approximate surface area is 127 Å². The van der Waals surface area contributed by atoms with E-state index in [-0.39, 0.29) is 30.6 Å². The molecule has 0 unspecified atom stereocenters. The van der Waals surface area contributed by atoms with Gasteiger partial charge >= 0.3 is 0 Å². The molecular formula is C15H18F2N2O3. The fourth-order valence-electron chi connectivity index (χ4n) is 2.49. The second-order valence-electron chi connectivity index (χ2n) is 5.36. The lowest BCUT2D eigenvalue weighted by Gasteiger charge is -2.23. The van der Waals surface area contributed by atoms with E-state index in [1.165, 1.54) is 0 Å². The molecule has 1 N–H and O–H groups in total. The molecule has 1 saturated heterocycles. The zero-order valence-electron chi connectivity index (χ0n) is 12.4. The second-order valence-corrected chi connectivity index (χ2v) is 5.36. The molecule has 1 aromatic rings. The first-order valence-corrected chi connectivity index (χ1v) is 6.96. The van der Waals surface area contributed by atoms with Crippen LogP contribution < -0.4 is 5.32 Å². The third-order valence-electron chi connectivity index (χ3n) is 3.66. The average molecular weight is 312 g/mol. The van der Waals surface area contributed by atoms with Gasteiger partial charge in [-0.1, -0.05) is 0 Å². The van der Waals surface area contributed by atoms with E-state index >= 15 is 0 Å². The second kappa shape index (κ2) is 6.83. The van der Waals surface area contributed by atoms with E-state index in [1.54, 1.807) is 12.0 Å². The molecule has 120 valence electrons. The molecule has 0 saturated carbocycles. The van der Waals surface area contributed by atoms with Crippen molar-refractivity contribution in [3.05, 3.63) is 29.8 Å². The Kier molecular flexibility index (Phi) is 5.07. The van der Waals surface area contributed by atoms with E-state index < -0.39 is 23.5 Å². The Morgan fingerprint density at radius 1 is 1.50 bits per heavy atom. The lowest BCUT2D eigenvalue weighted by atomic mass is 10.1. The molecule has 0 aliphatic carbocycles. The number of hydrogen-bond donors (Lipinski definition) is 1. The number of benzene rings is 1. The van der Waals surface area contributed by atoms with E-state index in [2.05, 4.69) is 5.32 Å². The van der Waals surface area contributed by atoms with E-state index in [1.807, 2.05) is 6.92 Å². The zero-order valence-corrected chi connectivity index (χ0v) is 12.4. The van der Waals surface area contributed by atoms with Gasteiger partial charge in [-0.15, -0.1) is 0 Å². The molecule has 1 aliphatic rings. The minimum atomic E-state index is -0.845. The Bertz CT molecular complexity index is 580. The number of carbonyl (C=O) groups is 2. The summed E-state index contributed by atoms with van der Waals surface area (Å²) in [5.74, 6) is -2.71. The summed E-state index contributed by atoms with van der Waals surface area (Å²) in [5, 5.41) is 2.40. The van der Waals surface area contributed by atoms with Crippen molar-refractivity contribution in [1.29, 1.82) is 0 Å². The molecule has 0 radical (unpaired) electrons. The number of methoxy groups -OCH3 is 1. The molecule has 5 nitrogen and oxygen atoms in total. The summed E-state index contributed by atoms with van der Waals surface area (Å²) in [5.41, 5.74) is -0.0951. The highest BCUT2D eigenvalue weighted by Crippen LogP contribution is 2.23. The smallest absolute Gasteiger partial charge is 0.229 e. The number of amides is 2. The van der Waals surface area contributed by atoms with Crippen molar-refractivity contribution in [2.75, 3.05) is 25.6 Å². The molecule has 1 aliphatic heterocycles. The van der Waals surface area contributed by atoms with Crippen LogP contribution in [-0.4, -0.2) is 43.0 Å². The van der Waals surface area contributed by atoms with E-state index in [0.29, 0.717) is 12.7 Å². The first kappa shape index (κ1) is 16.4. The number of likely N-dealkylation sites (tertiary alicyclic amines) is 1. The maximum Gasteiger partial charge on any atom is 0.229 e. The van der Waals surface area contributed by atoms with Crippen LogP contribution in [0.25, 0.3) is 0 Å². The normalized spacial score (nSPS) is 19.4. The van der Waals surface area contributed by atoms with Gasteiger partial charge in [0.05, 0.1) is 24.3 Å². The van der Waals surface area contributed by atoms with Gasteiger partial charge in [0.25, 0.3) is 0 Å². The van der Waals surface area contributed by atoms with Gasteiger partial charge in [-0.05, 0) is 19.1 Å². The van der Waals surface area contributed by atoms with Crippen LogP contribution in [0.4, 0.5) is 14.5 Å². The third-order valence-corrected chi connectivity index (χ3v) is 3.66. The van der Waals surface area contributed by atoms with E-state index in [9.17, 15) is 18.4 Å².